The molecule has 0 bridgehead atoms. The first-order valence-corrected chi connectivity index (χ1v) is 11.7. The number of hydrogen-bond donors (Lipinski definition) is 0. The van der Waals surface area contributed by atoms with Crippen molar-refractivity contribution in [3.05, 3.63) is 119 Å². The zero-order valence-corrected chi connectivity index (χ0v) is 18.3. The van der Waals surface area contributed by atoms with E-state index in [0.29, 0.717) is 17.8 Å². The number of hydrogen-bond acceptors (Lipinski definition) is 0. The molecule has 0 fully saturated rings. The topological polar surface area (TPSA) is 0 Å². The lowest BCUT2D eigenvalue weighted by Gasteiger charge is -2.21. The fourth-order valence-corrected chi connectivity index (χ4v) is 5.87. The lowest BCUT2D eigenvalue weighted by atomic mass is 9.82. The minimum atomic E-state index is 0.446. The largest absolute Gasteiger partial charge is 0.0648 e. The Bertz CT molecular complexity index is 1230. The average Bonchev–Trinajstić information content (AvgIpc) is 3.32. The Morgan fingerprint density at radius 1 is 0.581 bits per heavy atom. The molecule has 0 aliphatic heterocycles. The van der Waals surface area contributed by atoms with Crippen LogP contribution in [-0.4, -0.2) is 0 Å². The first kappa shape index (κ1) is 18.6. The lowest BCUT2D eigenvalue weighted by molar-refractivity contribution is 0.662. The van der Waals surface area contributed by atoms with Gasteiger partial charge in [-0.05, 0) is 68.8 Å². The zero-order valence-electron chi connectivity index (χ0n) is 18.3. The predicted molar refractivity (Wildman–Crippen MR) is 131 cm³/mol. The summed E-state index contributed by atoms with van der Waals surface area (Å²) in [5.41, 5.74) is 13.2. The normalized spacial score (nSPS) is 17.0. The molecule has 4 aromatic rings. The summed E-state index contributed by atoms with van der Waals surface area (Å²) in [5.74, 6) is 1.50. The number of benzene rings is 4. The minimum absolute atomic E-state index is 0.446. The molecule has 4 aromatic carbocycles. The number of fused-ring (bicyclic) bond motifs is 6. The van der Waals surface area contributed by atoms with Crippen LogP contribution < -0.4 is 0 Å². The summed E-state index contributed by atoms with van der Waals surface area (Å²) in [5, 5.41) is 0. The Kier molecular flexibility index (Phi) is 4.35. The monoisotopic (exact) mass is 400 g/mol. The smallest absolute Gasteiger partial charge is 0.0111 e. The summed E-state index contributed by atoms with van der Waals surface area (Å²) in [4.78, 5) is 0. The van der Waals surface area contributed by atoms with Crippen LogP contribution >= 0.6 is 0 Å². The van der Waals surface area contributed by atoms with Crippen LogP contribution in [0.15, 0.2) is 91.0 Å². The van der Waals surface area contributed by atoms with Gasteiger partial charge in [0.05, 0.1) is 0 Å². The van der Waals surface area contributed by atoms with Gasteiger partial charge in [0.1, 0.15) is 0 Å². The van der Waals surface area contributed by atoms with Crippen LogP contribution in [-0.2, 0) is 0 Å². The highest BCUT2D eigenvalue weighted by Crippen LogP contribution is 2.54. The molecule has 2 unspecified atom stereocenters. The molecule has 152 valence electrons. The molecule has 0 N–H and O–H groups in total. The fourth-order valence-electron chi connectivity index (χ4n) is 5.87. The quantitative estimate of drug-likeness (QED) is 0.322. The highest BCUT2D eigenvalue weighted by atomic mass is 14.4. The molecule has 0 saturated carbocycles. The minimum Gasteiger partial charge on any atom is -0.0648 e. The van der Waals surface area contributed by atoms with Gasteiger partial charge in [-0.1, -0.05) is 105 Å². The summed E-state index contributed by atoms with van der Waals surface area (Å²) < 4.78 is 0. The van der Waals surface area contributed by atoms with E-state index >= 15 is 0 Å². The SMILES string of the molecule is CCC(C)c1ccc2c(c1)-c1ccccc1C2CC1c2ccccc2-c2ccccc21. The Balaban J connectivity index is 1.47. The van der Waals surface area contributed by atoms with E-state index in [1.165, 1.54) is 56.5 Å². The molecule has 2 atom stereocenters. The van der Waals surface area contributed by atoms with Gasteiger partial charge in [-0.15, -0.1) is 0 Å². The molecule has 0 nitrogen and oxygen atoms in total. The zero-order chi connectivity index (χ0) is 20.9. The van der Waals surface area contributed by atoms with E-state index < -0.39 is 0 Å². The van der Waals surface area contributed by atoms with Crippen LogP contribution in [0.4, 0.5) is 0 Å². The van der Waals surface area contributed by atoms with E-state index in [2.05, 4.69) is 105 Å². The van der Waals surface area contributed by atoms with Gasteiger partial charge in [-0.3, -0.25) is 0 Å². The standard InChI is InChI=1S/C31H28/c1-3-20(2)21-16-17-28-29(18-21)26-14-8-9-15-27(26)31(28)19-30-24-12-6-4-10-22(24)23-11-5-7-13-25(23)30/h4-18,20,30-31H,3,19H2,1-2H3. The van der Waals surface area contributed by atoms with E-state index in [-0.39, 0.29) is 0 Å². The first-order valence-electron chi connectivity index (χ1n) is 11.7. The highest BCUT2D eigenvalue weighted by Gasteiger charge is 2.35. The molecule has 0 spiro atoms. The van der Waals surface area contributed by atoms with Crippen LogP contribution in [0.5, 0.6) is 0 Å². The summed E-state index contributed by atoms with van der Waals surface area (Å²) in [7, 11) is 0. The average molecular weight is 401 g/mol. The second-order valence-corrected chi connectivity index (χ2v) is 9.26. The predicted octanol–water partition coefficient (Wildman–Crippen LogP) is 8.52. The molecule has 2 aliphatic carbocycles. The highest BCUT2D eigenvalue weighted by molar-refractivity contribution is 5.81. The maximum Gasteiger partial charge on any atom is 0.0111 e. The fraction of sp³-hybridized carbons (Fsp3) is 0.226. The van der Waals surface area contributed by atoms with Crippen molar-refractivity contribution in [3.8, 4) is 22.3 Å². The van der Waals surface area contributed by atoms with E-state index in [0.717, 1.165) is 6.42 Å². The molecule has 0 aromatic heterocycles. The molecule has 0 amide bonds. The van der Waals surface area contributed by atoms with E-state index in [4.69, 9.17) is 0 Å². The Hall–Kier alpha value is -3.12. The maximum absolute atomic E-state index is 2.47. The maximum atomic E-state index is 2.47. The van der Waals surface area contributed by atoms with Crippen molar-refractivity contribution in [2.45, 2.75) is 44.4 Å². The summed E-state index contributed by atoms with van der Waals surface area (Å²) in [6.45, 7) is 4.62. The van der Waals surface area contributed by atoms with Crippen molar-refractivity contribution in [2.24, 2.45) is 0 Å². The van der Waals surface area contributed by atoms with Crippen molar-refractivity contribution in [3.63, 3.8) is 0 Å². The van der Waals surface area contributed by atoms with E-state index in [1.54, 1.807) is 0 Å². The van der Waals surface area contributed by atoms with Crippen LogP contribution in [0.3, 0.4) is 0 Å². The molecule has 0 heteroatoms. The molecule has 0 saturated heterocycles. The first-order chi connectivity index (χ1) is 15.3. The molecule has 6 rings (SSSR count). The lowest BCUT2D eigenvalue weighted by Crippen LogP contribution is -2.05. The van der Waals surface area contributed by atoms with Crippen LogP contribution in [0.2, 0.25) is 0 Å². The second kappa shape index (κ2) is 7.24. The van der Waals surface area contributed by atoms with E-state index in [9.17, 15) is 0 Å². The van der Waals surface area contributed by atoms with Gasteiger partial charge in [-0.2, -0.15) is 0 Å². The van der Waals surface area contributed by atoms with Gasteiger partial charge < -0.3 is 0 Å². The molecular formula is C31H28. The van der Waals surface area contributed by atoms with Gasteiger partial charge in [0.25, 0.3) is 0 Å². The van der Waals surface area contributed by atoms with Crippen LogP contribution in [0.25, 0.3) is 22.3 Å². The van der Waals surface area contributed by atoms with Crippen LogP contribution in [0.1, 0.15) is 72.3 Å². The van der Waals surface area contributed by atoms with Gasteiger partial charge in [0.15, 0.2) is 0 Å². The number of rotatable bonds is 4. The van der Waals surface area contributed by atoms with E-state index in [1.807, 2.05) is 0 Å². The van der Waals surface area contributed by atoms with Crippen LogP contribution in [0, 0.1) is 0 Å². The Morgan fingerprint density at radius 2 is 1.03 bits per heavy atom. The molecule has 0 heterocycles. The third-order valence-corrected chi connectivity index (χ3v) is 7.69. The summed E-state index contributed by atoms with van der Waals surface area (Å²) >= 11 is 0. The molecule has 2 aliphatic rings. The van der Waals surface area contributed by atoms with Crippen molar-refractivity contribution in [2.75, 3.05) is 0 Å². The third kappa shape index (κ3) is 2.82. The molecule has 0 radical (unpaired) electrons. The van der Waals surface area contributed by atoms with Gasteiger partial charge in [0.2, 0.25) is 0 Å². The third-order valence-electron chi connectivity index (χ3n) is 7.69. The summed E-state index contributed by atoms with van der Waals surface area (Å²) in [6, 6.07) is 34.4. The molecule has 31 heavy (non-hydrogen) atoms. The summed E-state index contributed by atoms with van der Waals surface area (Å²) in [6.07, 6.45) is 2.31. The van der Waals surface area contributed by atoms with Crippen molar-refractivity contribution in [1.82, 2.24) is 0 Å². The Morgan fingerprint density at radius 3 is 1.55 bits per heavy atom. The van der Waals surface area contributed by atoms with Crippen molar-refractivity contribution < 1.29 is 0 Å². The Labute approximate surface area is 185 Å². The molecular weight excluding hydrogens is 372 g/mol. The van der Waals surface area contributed by atoms with Gasteiger partial charge in [0, 0.05) is 11.8 Å². The van der Waals surface area contributed by atoms with Gasteiger partial charge >= 0.3 is 0 Å². The van der Waals surface area contributed by atoms with Gasteiger partial charge in [-0.25, -0.2) is 0 Å². The van der Waals surface area contributed by atoms with Crippen molar-refractivity contribution >= 4 is 0 Å². The van der Waals surface area contributed by atoms with Crippen molar-refractivity contribution in [1.29, 1.82) is 0 Å². The second-order valence-electron chi connectivity index (χ2n) is 9.26.